The van der Waals surface area contributed by atoms with E-state index in [4.69, 9.17) is 24.3 Å². The zero-order valence-corrected chi connectivity index (χ0v) is 34.4. The van der Waals surface area contributed by atoms with E-state index in [1.807, 2.05) is 0 Å². The van der Waals surface area contributed by atoms with Crippen molar-refractivity contribution in [3.8, 4) is 0 Å². The van der Waals surface area contributed by atoms with Gasteiger partial charge in [-0.05, 0) is 24.7 Å². The summed E-state index contributed by atoms with van der Waals surface area (Å²) in [7, 11) is -4.14. The molecule has 2 rings (SSSR count). The highest BCUT2D eigenvalue weighted by Gasteiger charge is 2.23. The van der Waals surface area contributed by atoms with E-state index in [1.165, 1.54) is 199 Å². The number of phosphoric acid groups is 1. The van der Waals surface area contributed by atoms with Crippen molar-refractivity contribution in [3.05, 3.63) is 0 Å². The predicted molar refractivity (Wildman–Crippen MR) is 215 cm³/mol. The molecular formula is C43H86NO6P. The minimum Gasteiger partial charge on any atom is -0.379 e. The Kier molecular flexibility index (Phi) is 31.9. The summed E-state index contributed by atoms with van der Waals surface area (Å²) < 4.78 is 34.2. The monoisotopic (exact) mass is 744 g/mol. The van der Waals surface area contributed by atoms with Crippen molar-refractivity contribution < 1.29 is 28.0 Å². The highest BCUT2D eigenvalue weighted by atomic mass is 31.2. The van der Waals surface area contributed by atoms with Crippen molar-refractivity contribution in [1.82, 2.24) is 0 Å². The van der Waals surface area contributed by atoms with Crippen LogP contribution in [0.3, 0.4) is 0 Å². The van der Waals surface area contributed by atoms with E-state index < -0.39 is 7.82 Å². The molecule has 2 unspecified atom stereocenters. The smallest absolute Gasteiger partial charge is 0.379 e. The second kappa shape index (κ2) is 34.5. The lowest BCUT2D eigenvalue weighted by Gasteiger charge is -2.21. The summed E-state index contributed by atoms with van der Waals surface area (Å²) in [6, 6.07) is 0. The topological polar surface area (TPSA) is 100 Å². The fourth-order valence-corrected chi connectivity index (χ4v) is 9.06. The first-order valence-corrected chi connectivity index (χ1v) is 24.1. The third-order valence-electron chi connectivity index (χ3n) is 11.6. The average molecular weight is 744 g/mol. The molecule has 51 heavy (non-hydrogen) atoms. The Hall–Kier alpha value is -0.0100. The highest BCUT2D eigenvalue weighted by molar-refractivity contribution is 7.47. The van der Waals surface area contributed by atoms with Gasteiger partial charge in [0.05, 0.1) is 19.8 Å². The molecule has 2 aliphatic carbocycles. The van der Waals surface area contributed by atoms with Crippen molar-refractivity contribution in [2.24, 2.45) is 17.6 Å². The molecule has 8 heteroatoms. The van der Waals surface area contributed by atoms with E-state index in [9.17, 15) is 9.46 Å². The summed E-state index contributed by atoms with van der Waals surface area (Å²) in [6.45, 7) is 1.77. The fraction of sp³-hybridized carbons (Fsp3) is 1.00. The van der Waals surface area contributed by atoms with Crippen molar-refractivity contribution in [3.63, 3.8) is 0 Å². The van der Waals surface area contributed by atoms with Crippen LogP contribution in [0.25, 0.3) is 0 Å². The van der Waals surface area contributed by atoms with Gasteiger partial charge in [-0.15, -0.1) is 0 Å². The third-order valence-corrected chi connectivity index (χ3v) is 12.5. The maximum Gasteiger partial charge on any atom is 0.472 e. The fourth-order valence-electron chi connectivity index (χ4n) is 8.30. The van der Waals surface area contributed by atoms with Crippen molar-refractivity contribution in [2.75, 3.05) is 39.6 Å². The molecule has 0 aromatic heterocycles. The van der Waals surface area contributed by atoms with Gasteiger partial charge in [0.25, 0.3) is 0 Å². The first-order valence-electron chi connectivity index (χ1n) is 22.6. The molecule has 0 aromatic carbocycles. The summed E-state index contributed by atoms with van der Waals surface area (Å²) in [5.41, 5.74) is 5.40. The maximum absolute atomic E-state index is 12.1. The summed E-state index contributed by atoms with van der Waals surface area (Å²) >= 11 is 0. The van der Waals surface area contributed by atoms with Gasteiger partial charge in [-0.25, -0.2) is 4.57 Å². The van der Waals surface area contributed by atoms with Gasteiger partial charge in [-0.1, -0.05) is 205 Å². The Morgan fingerprint density at radius 1 is 0.490 bits per heavy atom. The summed E-state index contributed by atoms with van der Waals surface area (Å²) in [4.78, 5) is 9.93. The van der Waals surface area contributed by atoms with Gasteiger partial charge in [0.2, 0.25) is 0 Å². The lowest BCUT2D eigenvalue weighted by Crippen LogP contribution is -2.26. The molecule has 0 aromatic rings. The van der Waals surface area contributed by atoms with Crippen LogP contribution < -0.4 is 5.73 Å². The second-order valence-electron chi connectivity index (χ2n) is 16.3. The van der Waals surface area contributed by atoms with Crippen molar-refractivity contribution in [1.29, 1.82) is 0 Å². The van der Waals surface area contributed by atoms with Gasteiger partial charge < -0.3 is 20.1 Å². The molecule has 3 N–H and O–H groups in total. The number of hydrogen-bond donors (Lipinski definition) is 2. The Labute approximate surface area is 316 Å². The van der Waals surface area contributed by atoms with Crippen LogP contribution in [0.4, 0.5) is 0 Å². The summed E-state index contributed by atoms with van der Waals surface area (Å²) in [6.07, 6.45) is 46.5. The Balaban J connectivity index is 1.40. The molecule has 0 radical (unpaired) electrons. The van der Waals surface area contributed by atoms with Crippen molar-refractivity contribution in [2.45, 2.75) is 224 Å². The number of hydrogen-bond acceptors (Lipinski definition) is 6. The van der Waals surface area contributed by atoms with Crippen LogP contribution in [0, 0.1) is 11.8 Å². The first kappa shape index (κ1) is 47.1. The molecule has 2 fully saturated rings. The molecule has 2 atom stereocenters. The maximum atomic E-state index is 12.1. The average Bonchev–Trinajstić information content (AvgIpc) is 3.15. The van der Waals surface area contributed by atoms with E-state index >= 15 is 0 Å². The number of ether oxygens (including phenoxy) is 2. The standard InChI is InChI=1S/C43H86NO6P/c44-35-38-49-51(45,46)50-40-43(48-37-28-18-14-10-6-2-4-8-12-16-22-30-42-33-25-20-26-34-42)39-47-36-27-17-13-9-5-1-3-7-11-15-21-29-41-31-23-19-24-32-41/h41-43H,1-40,44H2,(H,45,46). The SMILES string of the molecule is NCCOP(=O)(O)OCC(COCCCCCCCCCCCCCC1CCCCC1)OCCCCCCCCCCCCCC1CCCCC1. The Morgan fingerprint density at radius 2 is 0.882 bits per heavy atom. The number of rotatable bonds is 37. The predicted octanol–water partition coefficient (Wildman–Crippen LogP) is 13.0. The van der Waals surface area contributed by atoms with Gasteiger partial charge in [0.1, 0.15) is 6.10 Å². The lowest BCUT2D eigenvalue weighted by atomic mass is 9.85. The third kappa shape index (κ3) is 30.0. The first-order chi connectivity index (χ1) is 25.1. The van der Waals surface area contributed by atoms with Crippen LogP contribution in [-0.2, 0) is 23.1 Å². The second-order valence-corrected chi connectivity index (χ2v) is 17.8. The molecule has 0 aliphatic heterocycles. The van der Waals surface area contributed by atoms with Gasteiger partial charge in [-0.2, -0.15) is 0 Å². The molecule has 0 saturated heterocycles. The molecule has 2 saturated carbocycles. The molecular weight excluding hydrogens is 657 g/mol. The van der Waals surface area contributed by atoms with Crippen LogP contribution in [0.5, 0.6) is 0 Å². The normalized spacial score (nSPS) is 17.9. The van der Waals surface area contributed by atoms with E-state index in [0.717, 1.165) is 31.1 Å². The minimum absolute atomic E-state index is 0.0173. The van der Waals surface area contributed by atoms with Crippen LogP contribution >= 0.6 is 7.82 Å². The molecule has 7 nitrogen and oxygen atoms in total. The van der Waals surface area contributed by atoms with Gasteiger partial charge in [0, 0.05) is 19.8 Å². The molecule has 304 valence electrons. The molecule has 0 spiro atoms. The van der Waals surface area contributed by atoms with E-state index in [2.05, 4.69) is 0 Å². The molecule has 2 aliphatic rings. The van der Waals surface area contributed by atoms with Crippen LogP contribution in [0.15, 0.2) is 0 Å². The molecule has 0 amide bonds. The van der Waals surface area contributed by atoms with Gasteiger partial charge in [0.15, 0.2) is 0 Å². The largest absolute Gasteiger partial charge is 0.472 e. The number of nitrogens with two attached hydrogens (primary N) is 1. The van der Waals surface area contributed by atoms with Gasteiger partial charge >= 0.3 is 7.82 Å². The summed E-state index contributed by atoms with van der Waals surface area (Å²) in [5.74, 6) is 2.09. The molecule has 0 heterocycles. The highest BCUT2D eigenvalue weighted by Crippen LogP contribution is 2.43. The summed E-state index contributed by atoms with van der Waals surface area (Å²) in [5, 5.41) is 0. The zero-order chi connectivity index (χ0) is 36.3. The van der Waals surface area contributed by atoms with E-state index in [1.54, 1.807) is 0 Å². The minimum atomic E-state index is -4.14. The van der Waals surface area contributed by atoms with Gasteiger partial charge in [-0.3, -0.25) is 9.05 Å². The zero-order valence-electron chi connectivity index (χ0n) is 33.5. The Morgan fingerprint density at radius 3 is 1.31 bits per heavy atom. The number of unbranched alkanes of at least 4 members (excludes halogenated alkanes) is 20. The van der Waals surface area contributed by atoms with Crippen LogP contribution in [0.1, 0.15) is 218 Å². The van der Waals surface area contributed by atoms with Crippen molar-refractivity contribution >= 4 is 7.82 Å². The number of phosphoric ester groups is 1. The van der Waals surface area contributed by atoms with E-state index in [-0.39, 0.29) is 25.9 Å². The molecule has 0 bridgehead atoms. The van der Waals surface area contributed by atoms with Crippen LogP contribution in [0.2, 0.25) is 0 Å². The Bertz CT molecular complexity index is 776. The lowest BCUT2D eigenvalue weighted by molar-refractivity contribution is -0.0443. The van der Waals surface area contributed by atoms with Crippen LogP contribution in [-0.4, -0.2) is 50.6 Å². The van der Waals surface area contributed by atoms with E-state index in [0.29, 0.717) is 19.8 Å². The quantitative estimate of drug-likeness (QED) is 0.0482.